The van der Waals surface area contributed by atoms with Gasteiger partial charge in [0.1, 0.15) is 5.75 Å². The van der Waals surface area contributed by atoms with Gasteiger partial charge in [-0.2, -0.15) is 0 Å². The topological polar surface area (TPSA) is 61.8 Å². The number of nitrogens with zero attached hydrogens (tertiary/aromatic N) is 1. The average Bonchev–Trinajstić information content (AvgIpc) is 2.64. The standard InChI is InChI=1S/C20H24N2O3/c1-14-11-12-22(13-19(14)23)20(24)17-5-3-4-6-18(17)21-15-7-9-16(25-2)10-8-15/h3-10,14,19,21,23H,11-13H2,1-2H3. The van der Waals surface area contributed by atoms with Gasteiger partial charge in [0.2, 0.25) is 0 Å². The summed E-state index contributed by atoms with van der Waals surface area (Å²) < 4.78 is 5.17. The number of hydrogen-bond acceptors (Lipinski definition) is 4. The first-order valence-corrected chi connectivity index (χ1v) is 8.56. The number of rotatable bonds is 4. The van der Waals surface area contributed by atoms with E-state index >= 15 is 0 Å². The molecule has 2 aromatic carbocycles. The van der Waals surface area contributed by atoms with E-state index in [1.807, 2.05) is 55.5 Å². The lowest BCUT2D eigenvalue weighted by molar-refractivity contribution is 0.0249. The summed E-state index contributed by atoms with van der Waals surface area (Å²) in [6.07, 6.45) is 0.362. The Balaban J connectivity index is 1.79. The Kier molecular flexibility index (Phi) is 5.24. The Morgan fingerprint density at radius 1 is 1.20 bits per heavy atom. The number of piperidine rings is 1. The number of carbonyl (C=O) groups excluding carboxylic acids is 1. The van der Waals surface area contributed by atoms with Gasteiger partial charge in [0.05, 0.1) is 24.5 Å². The molecule has 25 heavy (non-hydrogen) atoms. The van der Waals surface area contributed by atoms with E-state index in [1.165, 1.54) is 0 Å². The van der Waals surface area contributed by atoms with Crippen LogP contribution in [0.15, 0.2) is 48.5 Å². The van der Waals surface area contributed by atoms with Crippen molar-refractivity contribution in [1.29, 1.82) is 0 Å². The number of hydrogen-bond donors (Lipinski definition) is 2. The van der Waals surface area contributed by atoms with Crippen molar-refractivity contribution in [2.75, 3.05) is 25.5 Å². The van der Waals surface area contributed by atoms with Crippen molar-refractivity contribution in [2.45, 2.75) is 19.4 Å². The predicted octanol–water partition coefficient (Wildman–Crippen LogP) is 3.28. The van der Waals surface area contributed by atoms with Crippen LogP contribution in [0.2, 0.25) is 0 Å². The molecule has 1 saturated heterocycles. The molecule has 0 saturated carbocycles. The number of ether oxygens (including phenoxy) is 1. The second-order valence-electron chi connectivity index (χ2n) is 6.48. The normalized spacial score (nSPS) is 20.2. The SMILES string of the molecule is COc1ccc(Nc2ccccc2C(=O)N2CCC(C)C(O)C2)cc1. The summed E-state index contributed by atoms with van der Waals surface area (Å²) in [7, 11) is 1.63. The molecular weight excluding hydrogens is 316 g/mol. The van der Waals surface area contributed by atoms with Gasteiger partial charge in [-0.1, -0.05) is 19.1 Å². The largest absolute Gasteiger partial charge is 0.497 e. The van der Waals surface area contributed by atoms with Crippen LogP contribution < -0.4 is 10.1 Å². The van der Waals surface area contributed by atoms with Crippen LogP contribution in [-0.2, 0) is 0 Å². The van der Waals surface area contributed by atoms with Gasteiger partial charge in [-0.05, 0) is 48.7 Å². The van der Waals surface area contributed by atoms with Crippen LogP contribution in [0.1, 0.15) is 23.7 Å². The van der Waals surface area contributed by atoms with E-state index in [1.54, 1.807) is 12.0 Å². The average molecular weight is 340 g/mol. The molecule has 1 fully saturated rings. The smallest absolute Gasteiger partial charge is 0.256 e. The van der Waals surface area contributed by atoms with E-state index < -0.39 is 6.10 Å². The number of benzene rings is 2. The van der Waals surface area contributed by atoms with E-state index in [0.29, 0.717) is 18.7 Å². The molecule has 0 spiro atoms. The first kappa shape index (κ1) is 17.3. The molecule has 0 aliphatic carbocycles. The van der Waals surface area contributed by atoms with Gasteiger partial charge in [-0.3, -0.25) is 4.79 Å². The Morgan fingerprint density at radius 2 is 1.92 bits per heavy atom. The maximum absolute atomic E-state index is 12.9. The lowest BCUT2D eigenvalue weighted by atomic mass is 9.95. The van der Waals surface area contributed by atoms with Crippen molar-refractivity contribution < 1.29 is 14.6 Å². The van der Waals surface area contributed by atoms with Crippen molar-refractivity contribution in [3.05, 3.63) is 54.1 Å². The molecule has 5 heteroatoms. The third kappa shape index (κ3) is 3.94. The lowest BCUT2D eigenvalue weighted by Gasteiger charge is -2.34. The summed E-state index contributed by atoms with van der Waals surface area (Å²) in [5.41, 5.74) is 2.25. The molecular formula is C20H24N2O3. The molecule has 0 aromatic heterocycles. The fourth-order valence-corrected chi connectivity index (χ4v) is 3.01. The van der Waals surface area contributed by atoms with Crippen LogP contribution in [0.4, 0.5) is 11.4 Å². The van der Waals surface area contributed by atoms with E-state index in [-0.39, 0.29) is 11.8 Å². The number of β-amino-alcohol motifs (C(OH)–C–C–N with tert-alkyl or cyclic N) is 1. The quantitative estimate of drug-likeness (QED) is 0.897. The molecule has 1 aliphatic heterocycles. The number of aliphatic hydroxyl groups is 1. The number of likely N-dealkylation sites (tertiary alicyclic amines) is 1. The first-order chi connectivity index (χ1) is 12.1. The third-order valence-electron chi connectivity index (χ3n) is 4.73. The van der Waals surface area contributed by atoms with Crippen molar-refractivity contribution in [1.82, 2.24) is 4.90 Å². The number of methoxy groups -OCH3 is 1. The van der Waals surface area contributed by atoms with E-state index in [0.717, 1.165) is 23.5 Å². The highest BCUT2D eigenvalue weighted by molar-refractivity contribution is 6.00. The first-order valence-electron chi connectivity index (χ1n) is 8.56. The van der Waals surface area contributed by atoms with E-state index in [2.05, 4.69) is 5.32 Å². The lowest BCUT2D eigenvalue weighted by Crippen LogP contribution is -2.45. The molecule has 0 radical (unpaired) electrons. The number of anilines is 2. The highest BCUT2D eigenvalue weighted by Gasteiger charge is 2.28. The summed E-state index contributed by atoms with van der Waals surface area (Å²) >= 11 is 0. The summed E-state index contributed by atoms with van der Waals surface area (Å²) in [6, 6.07) is 15.0. The molecule has 2 unspecified atom stereocenters. The fourth-order valence-electron chi connectivity index (χ4n) is 3.01. The van der Waals surface area contributed by atoms with Gasteiger partial charge in [0, 0.05) is 18.8 Å². The maximum Gasteiger partial charge on any atom is 0.256 e. The van der Waals surface area contributed by atoms with Crippen molar-refractivity contribution in [2.24, 2.45) is 5.92 Å². The molecule has 2 N–H and O–H groups in total. The zero-order valence-electron chi connectivity index (χ0n) is 14.6. The molecule has 5 nitrogen and oxygen atoms in total. The van der Waals surface area contributed by atoms with Crippen LogP contribution >= 0.6 is 0 Å². The minimum absolute atomic E-state index is 0.0532. The molecule has 1 heterocycles. The molecule has 2 atom stereocenters. The zero-order chi connectivity index (χ0) is 17.8. The fraction of sp³-hybridized carbons (Fsp3) is 0.350. The van der Waals surface area contributed by atoms with Gasteiger partial charge < -0.3 is 20.1 Å². The Morgan fingerprint density at radius 3 is 2.60 bits per heavy atom. The summed E-state index contributed by atoms with van der Waals surface area (Å²) in [6.45, 7) is 3.08. The Bertz CT molecular complexity index is 730. The predicted molar refractivity (Wildman–Crippen MR) is 98.4 cm³/mol. The van der Waals surface area contributed by atoms with Crippen LogP contribution in [0.3, 0.4) is 0 Å². The van der Waals surface area contributed by atoms with Gasteiger partial charge in [0.15, 0.2) is 0 Å². The highest BCUT2D eigenvalue weighted by atomic mass is 16.5. The molecule has 1 amide bonds. The number of nitrogens with one attached hydrogen (secondary N) is 1. The second-order valence-corrected chi connectivity index (χ2v) is 6.48. The van der Waals surface area contributed by atoms with Crippen LogP contribution in [-0.4, -0.2) is 42.2 Å². The molecule has 3 rings (SSSR count). The minimum Gasteiger partial charge on any atom is -0.497 e. The zero-order valence-corrected chi connectivity index (χ0v) is 14.6. The Labute approximate surface area is 148 Å². The van der Waals surface area contributed by atoms with E-state index in [4.69, 9.17) is 4.74 Å². The Hall–Kier alpha value is -2.53. The summed E-state index contributed by atoms with van der Waals surface area (Å²) in [5.74, 6) is 0.964. The van der Waals surface area contributed by atoms with Gasteiger partial charge in [-0.15, -0.1) is 0 Å². The minimum atomic E-state index is -0.459. The van der Waals surface area contributed by atoms with Crippen molar-refractivity contribution in [3.8, 4) is 5.75 Å². The maximum atomic E-state index is 12.9. The van der Waals surface area contributed by atoms with Crippen molar-refractivity contribution in [3.63, 3.8) is 0 Å². The van der Waals surface area contributed by atoms with Crippen LogP contribution in [0.25, 0.3) is 0 Å². The van der Waals surface area contributed by atoms with Gasteiger partial charge in [0.25, 0.3) is 5.91 Å². The monoisotopic (exact) mass is 340 g/mol. The summed E-state index contributed by atoms with van der Waals surface area (Å²) in [4.78, 5) is 14.7. The molecule has 132 valence electrons. The second kappa shape index (κ2) is 7.57. The van der Waals surface area contributed by atoms with Gasteiger partial charge in [-0.25, -0.2) is 0 Å². The van der Waals surface area contributed by atoms with Crippen molar-refractivity contribution >= 4 is 17.3 Å². The van der Waals surface area contributed by atoms with Gasteiger partial charge >= 0.3 is 0 Å². The number of para-hydroxylation sites is 1. The third-order valence-corrected chi connectivity index (χ3v) is 4.73. The molecule has 0 bridgehead atoms. The van der Waals surface area contributed by atoms with E-state index in [9.17, 15) is 9.90 Å². The highest BCUT2D eigenvalue weighted by Crippen LogP contribution is 2.26. The molecule has 2 aromatic rings. The molecule has 1 aliphatic rings. The number of amides is 1. The van der Waals surface area contributed by atoms with Crippen LogP contribution in [0.5, 0.6) is 5.75 Å². The summed E-state index contributed by atoms with van der Waals surface area (Å²) in [5, 5.41) is 13.4. The number of aliphatic hydroxyl groups excluding tert-OH is 1. The number of carbonyl (C=O) groups is 1. The van der Waals surface area contributed by atoms with Crippen LogP contribution in [0, 0.1) is 5.92 Å².